The number of hydrogen-bond donors (Lipinski definition) is 2. The molecule has 1 aromatic carbocycles. The van der Waals surface area contributed by atoms with E-state index in [-0.39, 0.29) is 23.9 Å². The Kier molecular flexibility index (Phi) is 5.04. The van der Waals surface area contributed by atoms with Gasteiger partial charge in [0.1, 0.15) is 5.75 Å². The minimum absolute atomic E-state index is 0.0169. The Balaban J connectivity index is 1.88. The van der Waals surface area contributed by atoms with Gasteiger partial charge in [0, 0.05) is 23.6 Å². The molecule has 0 amide bonds. The third-order valence-corrected chi connectivity index (χ3v) is 5.93. The average molecular weight is 407 g/mol. The van der Waals surface area contributed by atoms with Crippen LogP contribution in [0.15, 0.2) is 54.7 Å². The van der Waals surface area contributed by atoms with Gasteiger partial charge in [0.2, 0.25) is 0 Å². The Bertz CT molecular complexity index is 1040. The van der Waals surface area contributed by atoms with Crippen molar-refractivity contribution in [2.45, 2.75) is 45.8 Å². The molecule has 0 aliphatic carbocycles. The normalized spacial score (nSPS) is 19.1. The van der Waals surface area contributed by atoms with E-state index < -0.39 is 0 Å². The molecule has 0 spiro atoms. The number of aromatic hydroxyl groups is 1. The summed E-state index contributed by atoms with van der Waals surface area (Å²) in [5.74, 6) is 0.267. The van der Waals surface area contributed by atoms with Gasteiger partial charge in [0.05, 0.1) is 23.5 Å². The number of pyridine rings is 1. The maximum Gasteiger partial charge on any atom is 0.170 e. The maximum atomic E-state index is 10.4. The molecule has 0 bridgehead atoms. The van der Waals surface area contributed by atoms with Crippen molar-refractivity contribution < 1.29 is 5.11 Å². The van der Waals surface area contributed by atoms with Gasteiger partial charge in [-0.05, 0) is 75.8 Å². The van der Waals surface area contributed by atoms with Crippen LogP contribution in [0.25, 0.3) is 5.69 Å². The van der Waals surface area contributed by atoms with Crippen LogP contribution in [0.3, 0.4) is 0 Å². The van der Waals surface area contributed by atoms with Gasteiger partial charge in [-0.2, -0.15) is 0 Å². The van der Waals surface area contributed by atoms with Gasteiger partial charge in [0.15, 0.2) is 5.11 Å². The first kappa shape index (κ1) is 19.5. The molecule has 3 heterocycles. The van der Waals surface area contributed by atoms with Gasteiger partial charge in [-0.25, -0.2) is 0 Å². The number of thiocarbonyl (C=S) groups is 1. The molecule has 3 aromatic rings. The van der Waals surface area contributed by atoms with E-state index in [2.05, 4.69) is 53.5 Å². The van der Waals surface area contributed by atoms with E-state index in [1.807, 2.05) is 42.6 Å². The second-order valence-electron chi connectivity index (χ2n) is 7.78. The van der Waals surface area contributed by atoms with Gasteiger partial charge in [-0.15, -0.1) is 0 Å². The van der Waals surface area contributed by atoms with Gasteiger partial charge in [-0.3, -0.25) is 4.98 Å². The first-order valence-electron chi connectivity index (χ1n) is 9.87. The van der Waals surface area contributed by atoms with E-state index >= 15 is 0 Å². The Labute approximate surface area is 177 Å². The van der Waals surface area contributed by atoms with Crippen molar-refractivity contribution in [1.82, 2.24) is 19.8 Å². The largest absolute Gasteiger partial charge is 0.506 e. The van der Waals surface area contributed by atoms with Gasteiger partial charge < -0.3 is 19.9 Å². The van der Waals surface area contributed by atoms with Crippen molar-refractivity contribution in [3.63, 3.8) is 0 Å². The van der Waals surface area contributed by atoms with Crippen LogP contribution < -0.4 is 5.32 Å². The van der Waals surface area contributed by atoms with E-state index in [4.69, 9.17) is 12.2 Å². The molecule has 0 radical (unpaired) electrons. The van der Waals surface area contributed by atoms with Crippen molar-refractivity contribution >= 4 is 17.3 Å². The molecular weight excluding hydrogens is 380 g/mol. The molecule has 2 N–H and O–H groups in total. The van der Waals surface area contributed by atoms with E-state index in [1.165, 1.54) is 5.56 Å². The molecule has 29 heavy (non-hydrogen) atoms. The number of benzene rings is 1. The molecular formula is C23H26N4OS. The number of phenolic OH excluding ortho intramolecular Hbond substituents is 1. The second-order valence-corrected chi connectivity index (χ2v) is 8.16. The lowest BCUT2D eigenvalue weighted by molar-refractivity contribution is 0.269. The molecule has 150 valence electrons. The Hall–Kier alpha value is -2.86. The summed E-state index contributed by atoms with van der Waals surface area (Å²) in [5.41, 5.74) is 5.10. The molecule has 1 saturated heterocycles. The summed E-state index contributed by atoms with van der Waals surface area (Å²) in [6.07, 6.45) is 1.82. The number of hydrogen-bond acceptors (Lipinski definition) is 3. The monoisotopic (exact) mass is 406 g/mol. The van der Waals surface area contributed by atoms with Crippen LogP contribution in [0.4, 0.5) is 0 Å². The third kappa shape index (κ3) is 3.27. The van der Waals surface area contributed by atoms with E-state index in [1.54, 1.807) is 6.07 Å². The molecule has 2 unspecified atom stereocenters. The number of rotatable bonds is 4. The predicted molar refractivity (Wildman–Crippen MR) is 119 cm³/mol. The highest BCUT2D eigenvalue weighted by Gasteiger charge is 2.42. The number of aryl methyl sites for hydroxylation is 1. The lowest BCUT2D eigenvalue weighted by Crippen LogP contribution is -2.35. The van der Waals surface area contributed by atoms with E-state index in [0.29, 0.717) is 0 Å². The zero-order valence-corrected chi connectivity index (χ0v) is 17.9. The van der Waals surface area contributed by atoms with Crippen LogP contribution in [0.1, 0.15) is 48.6 Å². The van der Waals surface area contributed by atoms with Crippen molar-refractivity contribution in [1.29, 1.82) is 0 Å². The Morgan fingerprint density at radius 1 is 1.10 bits per heavy atom. The summed E-state index contributed by atoms with van der Waals surface area (Å²) in [5, 5.41) is 14.7. The van der Waals surface area contributed by atoms with Gasteiger partial charge in [0.25, 0.3) is 0 Å². The topological polar surface area (TPSA) is 53.3 Å². The molecule has 1 fully saturated rings. The van der Waals surface area contributed by atoms with Crippen LogP contribution >= 0.6 is 12.2 Å². The summed E-state index contributed by atoms with van der Waals surface area (Å²) < 4.78 is 2.11. The minimum Gasteiger partial charge on any atom is -0.506 e. The smallest absolute Gasteiger partial charge is 0.170 e. The van der Waals surface area contributed by atoms with Crippen LogP contribution in [0.5, 0.6) is 5.75 Å². The zero-order valence-electron chi connectivity index (χ0n) is 17.1. The number of nitrogens with zero attached hydrogens (tertiary/aromatic N) is 3. The lowest BCUT2D eigenvalue weighted by atomic mass is 9.96. The van der Waals surface area contributed by atoms with Crippen molar-refractivity contribution in [2.24, 2.45) is 0 Å². The molecule has 2 atom stereocenters. The first-order valence-corrected chi connectivity index (χ1v) is 10.3. The zero-order chi connectivity index (χ0) is 20.7. The van der Waals surface area contributed by atoms with Gasteiger partial charge >= 0.3 is 0 Å². The highest BCUT2D eigenvalue weighted by molar-refractivity contribution is 7.80. The SMILES string of the molecule is Cc1cc(C2C(c3ccccn3)NC(=S)N2C(C)C)c(C)n1-c1ccccc1O. The molecule has 1 aliphatic rings. The fourth-order valence-electron chi connectivity index (χ4n) is 4.37. The van der Waals surface area contributed by atoms with E-state index in [9.17, 15) is 5.11 Å². The molecule has 5 nitrogen and oxygen atoms in total. The summed E-state index contributed by atoms with van der Waals surface area (Å²) in [7, 11) is 0. The number of aromatic nitrogens is 2. The summed E-state index contributed by atoms with van der Waals surface area (Å²) >= 11 is 5.71. The number of nitrogens with one attached hydrogen (secondary N) is 1. The molecule has 0 saturated carbocycles. The van der Waals surface area contributed by atoms with Gasteiger partial charge in [-0.1, -0.05) is 18.2 Å². The standard InChI is InChI=1S/C23H26N4OS/c1-14(2)26-22(21(25-23(26)29)18-9-7-8-12-24-18)17-13-15(3)27(16(17)4)19-10-5-6-11-20(19)28/h5-14,21-22,28H,1-4H3,(H,25,29). The van der Waals surface area contributed by atoms with Crippen LogP contribution in [0, 0.1) is 13.8 Å². The summed E-state index contributed by atoms with van der Waals surface area (Å²) in [6, 6.07) is 15.8. The van der Waals surface area contributed by atoms with Crippen molar-refractivity contribution in [3.05, 3.63) is 77.4 Å². The van der Waals surface area contributed by atoms with Crippen molar-refractivity contribution in [3.8, 4) is 11.4 Å². The van der Waals surface area contributed by atoms with Crippen molar-refractivity contribution in [2.75, 3.05) is 0 Å². The molecule has 1 aliphatic heterocycles. The average Bonchev–Trinajstić information content (AvgIpc) is 3.19. The number of phenols is 1. The van der Waals surface area contributed by atoms with Crippen LogP contribution in [-0.2, 0) is 0 Å². The Morgan fingerprint density at radius 3 is 2.48 bits per heavy atom. The maximum absolute atomic E-state index is 10.4. The summed E-state index contributed by atoms with van der Waals surface area (Å²) in [4.78, 5) is 6.86. The molecule has 6 heteroatoms. The third-order valence-electron chi connectivity index (χ3n) is 5.60. The van der Waals surface area contributed by atoms with Crippen LogP contribution in [0.2, 0.25) is 0 Å². The van der Waals surface area contributed by atoms with E-state index in [0.717, 1.165) is 27.9 Å². The fraction of sp³-hybridized carbons (Fsp3) is 0.304. The van der Waals surface area contributed by atoms with Crippen LogP contribution in [-0.4, -0.2) is 30.7 Å². The summed E-state index contributed by atoms with van der Waals surface area (Å²) in [6.45, 7) is 8.48. The first-order chi connectivity index (χ1) is 13.9. The highest BCUT2D eigenvalue weighted by Crippen LogP contribution is 2.42. The molecule has 2 aromatic heterocycles. The quantitative estimate of drug-likeness (QED) is 0.622. The predicted octanol–water partition coefficient (Wildman–Crippen LogP) is 4.58. The number of para-hydroxylation sites is 2. The lowest BCUT2D eigenvalue weighted by Gasteiger charge is -2.31. The molecule has 4 rings (SSSR count). The fourth-order valence-corrected chi connectivity index (χ4v) is 4.82. The second kappa shape index (κ2) is 7.52. The highest BCUT2D eigenvalue weighted by atomic mass is 32.1. The minimum atomic E-state index is -0.0376. The Morgan fingerprint density at radius 2 is 1.83 bits per heavy atom.